The molecule has 1 rings (SSSR count). The molecule has 0 aliphatic carbocycles. The van der Waals surface area contributed by atoms with Crippen molar-refractivity contribution in [2.24, 2.45) is 0 Å². The lowest BCUT2D eigenvalue weighted by Gasteiger charge is -2.13. The van der Waals surface area contributed by atoms with Crippen LogP contribution in [0.2, 0.25) is 0 Å². The third kappa shape index (κ3) is 8.17. The average Bonchev–Trinajstić information content (AvgIpc) is 2.53. The maximum absolute atomic E-state index is 11.7. The molecule has 0 saturated heterocycles. The summed E-state index contributed by atoms with van der Waals surface area (Å²) >= 11 is 0. The van der Waals surface area contributed by atoms with Gasteiger partial charge >= 0.3 is 0 Å². The zero-order valence-electron chi connectivity index (χ0n) is 14.0. The molecule has 0 spiro atoms. The minimum Gasteiger partial charge on any atom is -0.396 e. The van der Waals surface area contributed by atoms with Gasteiger partial charge in [0, 0.05) is 25.1 Å². The van der Waals surface area contributed by atoms with Gasteiger partial charge < -0.3 is 5.11 Å². The molecule has 1 unspecified atom stereocenters. The first-order chi connectivity index (χ1) is 11.0. The normalized spacial score (nSPS) is 12.5. The van der Waals surface area contributed by atoms with Gasteiger partial charge in [-0.1, -0.05) is 37.8 Å². The van der Waals surface area contributed by atoms with Crippen molar-refractivity contribution in [2.75, 3.05) is 18.9 Å². The van der Waals surface area contributed by atoms with Crippen molar-refractivity contribution in [1.82, 2.24) is 4.72 Å². The van der Waals surface area contributed by atoms with E-state index in [2.05, 4.69) is 16.6 Å². The summed E-state index contributed by atoms with van der Waals surface area (Å²) in [7, 11) is -3.15. The van der Waals surface area contributed by atoms with E-state index in [0.29, 0.717) is 13.0 Å². The molecule has 1 atom stereocenters. The van der Waals surface area contributed by atoms with Crippen LogP contribution in [-0.2, 0) is 10.0 Å². The second kappa shape index (κ2) is 10.4. The molecule has 0 bridgehead atoms. The highest BCUT2D eigenvalue weighted by Crippen LogP contribution is 2.15. The van der Waals surface area contributed by atoms with Crippen molar-refractivity contribution in [1.29, 1.82) is 0 Å². The molecule has 0 aromatic heterocycles. The van der Waals surface area contributed by atoms with E-state index in [1.807, 2.05) is 38.1 Å². The van der Waals surface area contributed by atoms with Gasteiger partial charge in [0.2, 0.25) is 10.0 Å². The Labute approximate surface area is 140 Å². The molecule has 2 N–H and O–H groups in total. The van der Waals surface area contributed by atoms with Crippen molar-refractivity contribution in [3.05, 3.63) is 35.4 Å². The molecule has 0 aliphatic heterocycles. The van der Waals surface area contributed by atoms with Crippen molar-refractivity contribution in [2.45, 2.75) is 45.4 Å². The van der Waals surface area contributed by atoms with Crippen LogP contribution in [0.25, 0.3) is 0 Å². The fraction of sp³-hybridized carbons (Fsp3) is 0.556. The molecule has 128 valence electrons. The Bertz CT molecular complexity index is 612. The van der Waals surface area contributed by atoms with Crippen molar-refractivity contribution >= 4 is 10.0 Å². The van der Waals surface area contributed by atoms with Crippen LogP contribution in [0.1, 0.15) is 56.6 Å². The molecular weight excluding hydrogens is 310 g/mol. The van der Waals surface area contributed by atoms with Crippen LogP contribution in [0.15, 0.2) is 24.3 Å². The summed E-state index contributed by atoms with van der Waals surface area (Å²) in [6, 6.07) is 7.92. The molecule has 0 saturated carbocycles. The minimum absolute atomic E-state index is 0.119. The standard InChI is InChI=1S/C18H27NO3S/c1-3-14-23(21,22)19-15-16(2)18-11-9-17(10-12-18)8-6-4-5-7-13-20/h9-12,16,19-20H,3-5,7,13-15H2,1-2H3. The van der Waals surface area contributed by atoms with Crippen LogP contribution in [0.5, 0.6) is 0 Å². The van der Waals surface area contributed by atoms with Gasteiger partial charge in [-0.15, -0.1) is 0 Å². The van der Waals surface area contributed by atoms with Crippen LogP contribution in [-0.4, -0.2) is 32.4 Å². The molecule has 0 amide bonds. The predicted octanol–water partition coefficient (Wildman–Crippen LogP) is 2.63. The highest BCUT2D eigenvalue weighted by molar-refractivity contribution is 7.89. The molecule has 23 heavy (non-hydrogen) atoms. The van der Waals surface area contributed by atoms with Gasteiger partial charge in [-0.25, -0.2) is 13.1 Å². The zero-order chi connectivity index (χ0) is 17.1. The smallest absolute Gasteiger partial charge is 0.211 e. The highest BCUT2D eigenvalue weighted by atomic mass is 32.2. The quantitative estimate of drug-likeness (QED) is 0.538. The second-order valence-electron chi connectivity index (χ2n) is 5.67. The SMILES string of the molecule is CCCS(=O)(=O)NCC(C)c1ccc(C#CCCCCO)cc1. The van der Waals surface area contributed by atoms with E-state index >= 15 is 0 Å². The van der Waals surface area contributed by atoms with Crippen molar-refractivity contribution < 1.29 is 13.5 Å². The maximum Gasteiger partial charge on any atom is 0.211 e. The fourth-order valence-electron chi connectivity index (χ4n) is 2.10. The monoisotopic (exact) mass is 337 g/mol. The predicted molar refractivity (Wildman–Crippen MR) is 94.8 cm³/mol. The summed E-state index contributed by atoms with van der Waals surface area (Å²) in [5, 5.41) is 8.70. The van der Waals surface area contributed by atoms with E-state index in [1.54, 1.807) is 0 Å². The number of aliphatic hydroxyl groups excluding tert-OH is 1. The van der Waals surface area contributed by atoms with E-state index in [0.717, 1.165) is 30.4 Å². The van der Waals surface area contributed by atoms with Crippen LogP contribution in [0, 0.1) is 11.8 Å². The van der Waals surface area contributed by atoms with Gasteiger partial charge in [-0.2, -0.15) is 0 Å². The van der Waals surface area contributed by atoms with Crippen LogP contribution in [0.4, 0.5) is 0 Å². The van der Waals surface area contributed by atoms with Gasteiger partial charge in [-0.3, -0.25) is 0 Å². The van der Waals surface area contributed by atoms with Gasteiger partial charge in [0.15, 0.2) is 0 Å². The molecule has 0 fully saturated rings. The van der Waals surface area contributed by atoms with Gasteiger partial charge in [-0.05, 0) is 42.9 Å². The van der Waals surface area contributed by atoms with Crippen molar-refractivity contribution in [3.63, 3.8) is 0 Å². The van der Waals surface area contributed by atoms with E-state index < -0.39 is 10.0 Å². The molecule has 4 nitrogen and oxygen atoms in total. The number of unbranched alkanes of at least 4 members (excludes halogenated alkanes) is 2. The number of hydrogen-bond acceptors (Lipinski definition) is 3. The Morgan fingerprint density at radius 1 is 1.22 bits per heavy atom. The summed E-state index contributed by atoms with van der Waals surface area (Å²) in [4.78, 5) is 0. The lowest BCUT2D eigenvalue weighted by Crippen LogP contribution is -2.29. The maximum atomic E-state index is 11.7. The fourth-order valence-corrected chi connectivity index (χ4v) is 3.28. The zero-order valence-corrected chi connectivity index (χ0v) is 14.8. The second-order valence-corrected chi connectivity index (χ2v) is 7.60. The van der Waals surface area contributed by atoms with Gasteiger partial charge in [0.05, 0.1) is 5.75 Å². The molecule has 0 heterocycles. The van der Waals surface area contributed by atoms with Crippen molar-refractivity contribution in [3.8, 4) is 11.8 Å². The Kier molecular flexibility index (Phi) is 8.93. The summed E-state index contributed by atoms with van der Waals surface area (Å²) in [6.45, 7) is 4.49. The lowest BCUT2D eigenvalue weighted by atomic mass is 10.0. The average molecular weight is 337 g/mol. The van der Waals surface area contributed by atoms with Crippen LogP contribution in [0.3, 0.4) is 0 Å². The van der Waals surface area contributed by atoms with E-state index in [4.69, 9.17) is 5.11 Å². The summed E-state index contributed by atoms with van der Waals surface area (Å²) in [5.74, 6) is 6.48. The number of hydrogen-bond donors (Lipinski definition) is 2. The van der Waals surface area contributed by atoms with E-state index in [-0.39, 0.29) is 18.3 Å². The largest absolute Gasteiger partial charge is 0.396 e. The first-order valence-corrected chi connectivity index (χ1v) is 9.80. The first kappa shape index (κ1) is 19.7. The van der Waals surface area contributed by atoms with Gasteiger partial charge in [0.25, 0.3) is 0 Å². The number of nitrogens with one attached hydrogen (secondary N) is 1. The Balaban J connectivity index is 2.52. The Morgan fingerprint density at radius 3 is 2.52 bits per heavy atom. The highest BCUT2D eigenvalue weighted by Gasteiger charge is 2.11. The van der Waals surface area contributed by atoms with E-state index in [1.165, 1.54) is 0 Å². The first-order valence-electron chi connectivity index (χ1n) is 8.15. The molecule has 5 heteroatoms. The summed E-state index contributed by atoms with van der Waals surface area (Å²) in [5.41, 5.74) is 2.05. The third-order valence-electron chi connectivity index (χ3n) is 3.50. The Hall–Kier alpha value is -1.35. The molecular formula is C18H27NO3S. The number of aliphatic hydroxyl groups is 1. The molecule has 1 aromatic rings. The van der Waals surface area contributed by atoms with E-state index in [9.17, 15) is 8.42 Å². The molecule has 0 radical (unpaired) electrons. The van der Waals surface area contributed by atoms with Gasteiger partial charge in [0.1, 0.15) is 0 Å². The van der Waals surface area contributed by atoms with Crippen LogP contribution < -0.4 is 4.72 Å². The molecule has 0 aliphatic rings. The van der Waals surface area contributed by atoms with Crippen LogP contribution >= 0.6 is 0 Å². The topological polar surface area (TPSA) is 66.4 Å². The summed E-state index contributed by atoms with van der Waals surface area (Å²) in [6.07, 6.45) is 3.11. The Morgan fingerprint density at radius 2 is 1.91 bits per heavy atom. The minimum atomic E-state index is -3.15. The number of sulfonamides is 1. The number of benzene rings is 1. The molecule has 1 aromatic carbocycles. The summed E-state index contributed by atoms with van der Waals surface area (Å²) < 4.78 is 26.0. The number of rotatable bonds is 9. The third-order valence-corrected chi connectivity index (χ3v) is 5.06. The lowest BCUT2D eigenvalue weighted by molar-refractivity contribution is 0.285.